The zero-order chi connectivity index (χ0) is 11.8. The second-order valence-electron chi connectivity index (χ2n) is 4.91. The van der Waals surface area contributed by atoms with Crippen LogP contribution in [0.3, 0.4) is 0 Å². The smallest absolute Gasteiger partial charge is 0.355 e. The molecule has 1 saturated heterocycles. The molecule has 1 aliphatic carbocycles. The number of fused-ring (bicyclic) bond motifs is 1. The van der Waals surface area contributed by atoms with Crippen LogP contribution in [0.15, 0.2) is 5.38 Å². The highest BCUT2D eigenvalue weighted by Gasteiger charge is 2.36. The number of anilines is 1. The van der Waals surface area contributed by atoms with E-state index in [-0.39, 0.29) is 5.69 Å². The minimum atomic E-state index is -0.924. The third kappa shape index (κ3) is 1.92. The first-order valence-electron chi connectivity index (χ1n) is 6.21. The maximum absolute atomic E-state index is 10.8. The Morgan fingerprint density at radius 1 is 1.41 bits per heavy atom. The molecule has 2 heterocycles. The molecule has 1 aromatic heterocycles. The Morgan fingerprint density at radius 2 is 2.24 bits per heavy atom. The van der Waals surface area contributed by atoms with Crippen LogP contribution >= 0.6 is 11.3 Å². The zero-order valence-corrected chi connectivity index (χ0v) is 10.4. The van der Waals surface area contributed by atoms with Gasteiger partial charge in [0.1, 0.15) is 0 Å². The molecule has 2 aliphatic rings. The van der Waals surface area contributed by atoms with E-state index >= 15 is 0 Å². The molecule has 17 heavy (non-hydrogen) atoms. The molecule has 0 bridgehead atoms. The van der Waals surface area contributed by atoms with E-state index in [1.165, 1.54) is 43.4 Å². The summed E-state index contributed by atoms with van der Waals surface area (Å²) in [6, 6.07) is 0.608. The largest absolute Gasteiger partial charge is 0.476 e. The second kappa shape index (κ2) is 4.29. The standard InChI is InChI=1S/C12H16N2O2S/c15-11(16)9-7-17-12(13-9)14-6-5-8-3-1-2-4-10(8)14/h7-8,10H,1-6H2,(H,15,16). The summed E-state index contributed by atoms with van der Waals surface area (Å²) in [5, 5.41) is 11.4. The van der Waals surface area contributed by atoms with Crippen molar-refractivity contribution in [2.45, 2.75) is 38.1 Å². The fourth-order valence-corrected chi connectivity index (χ4v) is 4.02. The number of carboxylic acids is 1. The van der Waals surface area contributed by atoms with Crippen LogP contribution in [0.25, 0.3) is 0 Å². The van der Waals surface area contributed by atoms with Gasteiger partial charge in [-0.05, 0) is 25.2 Å². The lowest BCUT2D eigenvalue weighted by Crippen LogP contribution is -2.34. The molecule has 2 atom stereocenters. The molecule has 0 spiro atoms. The lowest BCUT2D eigenvalue weighted by atomic mass is 9.85. The first-order valence-corrected chi connectivity index (χ1v) is 7.09. The third-order valence-electron chi connectivity index (χ3n) is 3.97. The summed E-state index contributed by atoms with van der Waals surface area (Å²) >= 11 is 1.46. The van der Waals surface area contributed by atoms with Crippen molar-refractivity contribution in [1.82, 2.24) is 4.98 Å². The number of aromatic nitrogens is 1. The van der Waals surface area contributed by atoms with Gasteiger partial charge in [0.05, 0.1) is 0 Å². The van der Waals surface area contributed by atoms with Crippen LogP contribution in [0.2, 0.25) is 0 Å². The van der Waals surface area contributed by atoms with Crippen molar-refractivity contribution in [3.05, 3.63) is 11.1 Å². The lowest BCUT2D eigenvalue weighted by Gasteiger charge is -2.31. The van der Waals surface area contributed by atoms with Gasteiger partial charge in [0, 0.05) is 18.0 Å². The van der Waals surface area contributed by atoms with E-state index in [0.29, 0.717) is 6.04 Å². The van der Waals surface area contributed by atoms with Gasteiger partial charge in [0.25, 0.3) is 0 Å². The number of carbonyl (C=O) groups is 1. The average molecular weight is 252 g/mol. The Morgan fingerprint density at radius 3 is 3.00 bits per heavy atom. The van der Waals surface area contributed by atoms with Crippen LogP contribution in [-0.4, -0.2) is 28.6 Å². The number of rotatable bonds is 2. The fourth-order valence-electron chi connectivity index (χ4n) is 3.14. The molecule has 1 N–H and O–H groups in total. The van der Waals surface area contributed by atoms with Crippen LogP contribution in [-0.2, 0) is 0 Å². The van der Waals surface area contributed by atoms with E-state index in [1.54, 1.807) is 5.38 Å². The minimum absolute atomic E-state index is 0.184. The monoisotopic (exact) mass is 252 g/mol. The van der Waals surface area contributed by atoms with E-state index in [1.807, 2.05) is 0 Å². The lowest BCUT2D eigenvalue weighted by molar-refractivity contribution is 0.0691. The average Bonchev–Trinajstić information content (AvgIpc) is 2.95. The Hall–Kier alpha value is -1.10. The summed E-state index contributed by atoms with van der Waals surface area (Å²) in [6.45, 7) is 1.04. The highest BCUT2D eigenvalue weighted by Crippen LogP contribution is 2.39. The van der Waals surface area contributed by atoms with Gasteiger partial charge >= 0.3 is 5.97 Å². The van der Waals surface area contributed by atoms with Crippen molar-refractivity contribution in [1.29, 1.82) is 0 Å². The van der Waals surface area contributed by atoms with Gasteiger partial charge in [-0.3, -0.25) is 0 Å². The predicted octanol–water partition coefficient (Wildman–Crippen LogP) is 2.61. The van der Waals surface area contributed by atoms with Crippen LogP contribution in [0.1, 0.15) is 42.6 Å². The van der Waals surface area contributed by atoms with Crippen LogP contribution in [0.5, 0.6) is 0 Å². The van der Waals surface area contributed by atoms with Crippen LogP contribution in [0, 0.1) is 5.92 Å². The van der Waals surface area contributed by atoms with Gasteiger partial charge in [0.2, 0.25) is 0 Å². The van der Waals surface area contributed by atoms with Crippen LogP contribution in [0.4, 0.5) is 5.13 Å². The second-order valence-corrected chi connectivity index (χ2v) is 5.75. The molecular formula is C12H16N2O2S. The molecule has 3 rings (SSSR count). The SMILES string of the molecule is O=C(O)c1csc(N2CCC3CCCCC32)n1. The van der Waals surface area contributed by atoms with Crippen molar-refractivity contribution >= 4 is 22.4 Å². The van der Waals surface area contributed by atoms with E-state index < -0.39 is 5.97 Å². The first kappa shape index (κ1) is 11.0. The first-order chi connectivity index (χ1) is 8.25. The number of hydrogen-bond acceptors (Lipinski definition) is 4. The third-order valence-corrected chi connectivity index (χ3v) is 4.84. The number of aromatic carboxylic acids is 1. The Bertz CT molecular complexity index is 432. The molecule has 5 heteroatoms. The molecule has 0 aromatic carbocycles. The van der Waals surface area contributed by atoms with E-state index in [0.717, 1.165) is 17.6 Å². The van der Waals surface area contributed by atoms with Gasteiger partial charge < -0.3 is 10.0 Å². The number of thiazole rings is 1. The fraction of sp³-hybridized carbons (Fsp3) is 0.667. The molecular weight excluding hydrogens is 236 g/mol. The summed E-state index contributed by atoms with van der Waals surface area (Å²) < 4.78 is 0. The molecule has 92 valence electrons. The van der Waals surface area contributed by atoms with Gasteiger partial charge in [-0.1, -0.05) is 12.8 Å². The quantitative estimate of drug-likeness (QED) is 0.879. The highest BCUT2D eigenvalue weighted by atomic mass is 32.1. The van der Waals surface area contributed by atoms with E-state index in [4.69, 9.17) is 5.11 Å². The molecule has 2 unspecified atom stereocenters. The maximum atomic E-state index is 10.8. The zero-order valence-electron chi connectivity index (χ0n) is 9.63. The summed E-state index contributed by atoms with van der Waals surface area (Å²) in [7, 11) is 0. The number of carboxylic acid groups (broad SMARTS) is 1. The number of nitrogens with zero attached hydrogens (tertiary/aromatic N) is 2. The van der Waals surface area contributed by atoms with Crippen molar-refractivity contribution in [2.24, 2.45) is 5.92 Å². The molecule has 0 radical (unpaired) electrons. The topological polar surface area (TPSA) is 53.4 Å². The molecule has 1 aromatic rings. The van der Waals surface area contributed by atoms with Gasteiger partial charge in [-0.25, -0.2) is 9.78 Å². The predicted molar refractivity (Wildman–Crippen MR) is 66.8 cm³/mol. The van der Waals surface area contributed by atoms with Crippen molar-refractivity contribution in [3.8, 4) is 0 Å². The summed E-state index contributed by atoms with van der Waals surface area (Å²) in [6.07, 6.45) is 6.47. The molecule has 0 amide bonds. The van der Waals surface area contributed by atoms with Crippen molar-refractivity contribution in [3.63, 3.8) is 0 Å². The minimum Gasteiger partial charge on any atom is -0.476 e. The van der Waals surface area contributed by atoms with Crippen molar-refractivity contribution < 1.29 is 9.90 Å². The van der Waals surface area contributed by atoms with E-state index in [2.05, 4.69) is 9.88 Å². The highest BCUT2D eigenvalue weighted by molar-refractivity contribution is 7.13. The van der Waals surface area contributed by atoms with E-state index in [9.17, 15) is 4.79 Å². The maximum Gasteiger partial charge on any atom is 0.355 e. The molecule has 2 fully saturated rings. The number of hydrogen-bond donors (Lipinski definition) is 1. The molecule has 1 aliphatic heterocycles. The Kier molecular flexibility index (Phi) is 2.78. The van der Waals surface area contributed by atoms with Gasteiger partial charge in [0.15, 0.2) is 10.8 Å². The molecule has 4 nitrogen and oxygen atoms in total. The molecule has 1 saturated carbocycles. The summed E-state index contributed by atoms with van der Waals surface area (Å²) in [4.78, 5) is 17.4. The van der Waals surface area contributed by atoms with Gasteiger partial charge in [-0.2, -0.15) is 0 Å². The summed E-state index contributed by atoms with van der Waals surface area (Å²) in [5.74, 6) is -0.118. The Labute approximate surface area is 104 Å². The van der Waals surface area contributed by atoms with Gasteiger partial charge in [-0.15, -0.1) is 11.3 Å². The van der Waals surface area contributed by atoms with Crippen molar-refractivity contribution in [2.75, 3.05) is 11.4 Å². The van der Waals surface area contributed by atoms with Crippen LogP contribution < -0.4 is 4.90 Å². The summed E-state index contributed by atoms with van der Waals surface area (Å²) in [5.41, 5.74) is 0.184. The normalized spacial score (nSPS) is 28.1. The Balaban J connectivity index is 1.81.